The largest absolute Gasteiger partial charge is 0.440 e. The van der Waals surface area contributed by atoms with E-state index in [4.69, 9.17) is 4.42 Å². The molecular weight excluding hydrogens is 252 g/mol. The summed E-state index contributed by atoms with van der Waals surface area (Å²) in [6, 6.07) is 8.19. The van der Waals surface area contributed by atoms with E-state index in [2.05, 4.69) is 27.4 Å². The van der Waals surface area contributed by atoms with Crippen molar-refractivity contribution in [1.82, 2.24) is 15.2 Å². The minimum atomic E-state index is 0.171. The zero-order chi connectivity index (χ0) is 13.5. The second kappa shape index (κ2) is 4.37. The number of nitrogens with one attached hydrogen (secondary N) is 2. The van der Waals surface area contributed by atoms with Gasteiger partial charge in [0.1, 0.15) is 5.52 Å². The molecule has 1 aliphatic carbocycles. The lowest BCUT2D eigenvalue weighted by molar-refractivity contribution is 0.533. The van der Waals surface area contributed by atoms with Crippen molar-refractivity contribution in [2.45, 2.75) is 31.7 Å². The van der Waals surface area contributed by atoms with Crippen LogP contribution in [-0.4, -0.2) is 15.2 Å². The van der Waals surface area contributed by atoms with Gasteiger partial charge in [0.2, 0.25) is 0 Å². The fourth-order valence-corrected chi connectivity index (χ4v) is 2.38. The van der Waals surface area contributed by atoms with Crippen LogP contribution < -0.4 is 5.32 Å². The summed E-state index contributed by atoms with van der Waals surface area (Å²) in [5.41, 5.74) is 3.89. The number of aromatic amines is 1. The Balaban J connectivity index is 1.60. The van der Waals surface area contributed by atoms with Crippen LogP contribution in [0.5, 0.6) is 0 Å². The second-order valence-electron chi connectivity index (χ2n) is 5.39. The van der Waals surface area contributed by atoms with Gasteiger partial charge in [0.15, 0.2) is 11.5 Å². The summed E-state index contributed by atoms with van der Waals surface area (Å²) >= 11 is 0. The number of nitrogens with zero attached hydrogens (tertiary/aromatic N) is 2. The van der Waals surface area contributed by atoms with Crippen LogP contribution in [0.3, 0.4) is 0 Å². The Labute approximate surface area is 116 Å². The standard InChI is InChI=1S/C15H16N4O/c1-9(12-6-7-16-19-12)17-11-4-5-14-13(8-11)18-15(20-14)10-2-3-10/h4-10,17H,2-3H2,1H3,(H,16,19). The topological polar surface area (TPSA) is 66.7 Å². The molecule has 1 unspecified atom stereocenters. The van der Waals surface area contributed by atoms with Crippen molar-refractivity contribution in [3.8, 4) is 0 Å². The molecule has 0 saturated heterocycles. The molecule has 0 amide bonds. The van der Waals surface area contributed by atoms with Gasteiger partial charge in [0, 0.05) is 17.8 Å². The molecule has 3 aromatic rings. The number of H-pyrrole nitrogens is 1. The minimum absolute atomic E-state index is 0.171. The summed E-state index contributed by atoms with van der Waals surface area (Å²) in [5.74, 6) is 1.43. The first-order chi connectivity index (χ1) is 9.79. The molecule has 20 heavy (non-hydrogen) atoms. The molecule has 2 heterocycles. The van der Waals surface area contributed by atoms with Crippen molar-refractivity contribution in [2.75, 3.05) is 5.32 Å². The van der Waals surface area contributed by atoms with E-state index in [1.165, 1.54) is 12.8 Å². The quantitative estimate of drug-likeness (QED) is 0.758. The summed E-state index contributed by atoms with van der Waals surface area (Å²) in [6.45, 7) is 2.09. The lowest BCUT2D eigenvalue weighted by atomic mass is 10.2. The van der Waals surface area contributed by atoms with E-state index in [1.807, 2.05) is 24.3 Å². The van der Waals surface area contributed by atoms with Gasteiger partial charge in [-0.3, -0.25) is 5.10 Å². The molecule has 1 aliphatic rings. The highest BCUT2D eigenvalue weighted by Crippen LogP contribution is 2.40. The number of hydrogen-bond donors (Lipinski definition) is 2. The predicted octanol–water partition coefficient (Wildman–Crippen LogP) is 3.60. The van der Waals surface area contributed by atoms with E-state index in [9.17, 15) is 0 Å². The Morgan fingerprint density at radius 1 is 1.35 bits per heavy atom. The molecule has 5 nitrogen and oxygen atoms in total. The highest BCUT2D eigenvalue weighted by molar-refractivity contribution is 5.77. The molecule has 5 heteroatoms. The molecule has 1 fully saturated rings. The lowest BCUT2D eigenvalue weighted by Crippen LogP contribution is -2.06. The lowest BCUT2D eigenvalue weighted by Gasteiger charge is -2.13. The highest BCUT2D eigenvalue weighted by atomic mass is 16.3. The van der Waals surface area contributed by atoms with Gasteiger partial charge in [-0.05, 0) is 44.0 Å². The Morgan fingerprint density at radius 3 is 3.00 bits per heavy atom. The van der Waals surface area contributed by atoms with Crippen molar-refractivity contribution in [3.63, 3.8) is 0 Å². The average molecular weight is 268 g/mol. The van der Waals surface area contributed by atoms with Crippen molar-refractivity contribution in [2.24, 2.45) is 0 Å². The third kappa shape index (κ3) is 2.05. The molecule has 1 atom stereocenters. The first-order valence-corrected chi connectivity index (χ1v) is 6.96. The Morgan fingerprint density at radius 2 is 2.25 bits per heavy atom. The number of benzene rings is 1. The van der Waals surface area contributed by atoms with Crippen molar-refractivity contribution in [1.29, 1.82) is 0 Å². The zero-order valence-electron chi connectivity index (χ0n) is 11.3. The molecule has 2 aromatic heterocycles. The molecule has 1 saturated carbocycles. The molecule has 0 radical (unpaired) electrons. The number of anilines is 1. The summed E-state index contributed by atoms with van der Waals surface area (Å²) in [7, 11) is 0. The Kier molecular flexibility index (Phi) is 2.52. The van der Waals surface area contributed by atoms with Gasteiger partial charge in [-0.2, -0.15) is 5.10 Å². The summed E-state index contributed by atoms with van der Waals surface area (Å²) in [5, 5.41) is 10.4. The van der Waals surface area contributed by atoms with Crippen LogP contribution >= 0.6 is 0 Å². The van der Waals surface area contributed by atoms with E-state index in [-0.39, 0.29) is 6.04 Å². The first kappa shape index (κ1) is 11.5. The molecule has 0 bridgehead atoms. The SMILES string of the molecule is CC(Nc1ccc2oc(C3CC3)nc2c1)c1ccn[nH]1. The van der Waals surface area contributed by atoms with E-state index in [0.717, 1.165) is 28.4 Å². The molecule has 102 valence electrons. The average Bonchev–Trinajstić information content (AvgIpc) is 3.00. The number of fused-ring (bicyclic) bond motifs is 1. The van der Waals surface area contributed by atoms with Gasteiger partial charge in [-0.15, -0.1) is 0 Å². The Bertz CT molecular complexity index is 728. The Hall–Kier alpha value is -2.30. The van der Waals surface area contributed by atoms with Crippen molar-refractivity contribution >= 4 is 16.8 Å². The molecule has 1 aromatic carbocycles. The molecule has 4 rings (SSSR count). The third-order valence-electron chi connectivity index (χ3n) is 3.70. The maximum atomic E-state index is 5.77. The fraction of sp³-hybridized carbons (Fsp3) is 0.333. The predicted molar refractivity (Wildman–Crippen MR) is 76.6 cm³/mol. The van der Waals surface area contributed by atoms with Crippen LogP contribution in [-0.2, 0) is 0 Å². The zero-order valence-corrected chi connectivity index (χ0v) is 11.3. The van der Waals surface area contributed by atoms with Gasteiger partial charge in [-0.25, -0.2) is 4.98 Å². The van der Waals surface area contributed by atoms with E-state index >= 15 is 0 Å². The van der Waals surface area contributed by atoms with Crippen LogP contribution in [0.4, 0.5) is 5.69 Å². The minimum Gasteiger partial charge on any atom is -0.440 e. The highest BCUT2D eigenvalue weighted by Gasteiger charge is 2.28. The number of aromatic nitrogens is 3. The van der Waals surface area contributed by atoms with Crippen molar-refractivity contribution in [3.05, 3.63) is 42.0 Å². The van der Waals surface area contributed by atoms with Crippen LogP contribution in [0.15, 0.2) is 34.9 Å². The third-order valence-corrected chi connectivity index (χ3v) is 3.70. The van der Waals surface area contributed by atoms with Crippen molar-refractivity contribution < 1.29 is 4.42 Å². The van der Waals surface area contributed by atoms with Crippen LogP contribution in [0.2, 0.25) is 0 Å². The molecule has 0 aliphatic heterocycles. The monoisotopic (exact) mass is 268 g/mol. The normalized spacial score (nSPS) is 16.4. The van der Waals surface area contributed by atoms with E-state index in [1.54, 1.807) is 6.20 Å². The van der Waals surface area contributed by atoms with Gasteiger partial charge < -0.3 is 9.73 Å². The molecular formula is C15H16N4O. The summed E-state index contributed by atoms with van der Waals surface area (Å²) in [4.78, 5) is 4.58. The number of hydrogen-bond acceptors (Lipinski definition) is 4. The van der Waals surface area contributed by atoms with E-state index in [0.29, 0.717) is 5.92 Å². The fourth-order valence-electron chi connectivity index (χ4n) is 2.38. The molecule has 2 N–H and O–H groups in total. The maximum absolute atomic E-state index is 5.77. The van der Waals surface area contributed by atoms with Crippen LogP contribution in [0, 0.1) is 0 Å². The van der Waals surface area contributed by atoms with Gasteiger partial charge in [0.05, 0.1) is 11.7 Å². The first-order valence-electron chi connectivity index (χ1n) is 6.96. The number of oxazole rings is 1. The maximum Gasteiger partial charge on any atom is 0.198 e. The van der Waals surface area contributed by atoms with E-state index < -0.39 is 0 Å². The summed E-state index contributed by atoms with van der Waals surface area (Å²) in [6.07, 6.45) is 4.17. The van der Waals surface area contributed by atoms with Gasteiger partial charge in [0.25, 0.3) is 0 Å². The van der Waals surface area contributed by atoms with Crippen LogP contribution in [0.25, 0.3) is 11.1 Å². The van der Waals surface area contributed by atoms with Crippen LogP contribution in [0.1, 0.15) is 43.3 Å². The molecule has 0 spiro atoms. The second-order valence-corrected chi connectivity index (χ2v) is 5.39. The summed E-state index contributed by atoms with van der Waals surface area (Å²) < 4.78 is 5.77. The smallest absolute Gasteiger partial charge is 0.198 e. The van der Waals surface area contributed by atoms with Gasteiger partial charge in [-0.1, -0.05) is 0 Å². The van der Waals surface area contributed by atoms with Gasteiger partial charge >= 0.3 is 0 Å². The number of rotatable bonds is 4.